The molecule has 0 radical (unpaired) electrons. The maximum atomic E-state index is 11.9. The van der Waals surface area contributed by atoms with Crippen molar-refractivity contribution in [2.24, 2.45) is 0 Å². The number of hydrogen-bond acceptors (Lipinski definition) is 3. The summed E-state index contributed by atoms with van der Waals surface area (Å²) < 4.78 is 2.27. The molecule has 1 N–H and O–H groups in total. The van der Waals surface area contributed by atoms with Gasteiger partial charge >= 0.3 is 0 Å². The average molecular weight is 336 g/mol. The number of rotatable bonds is 4. The first-order valence-electron chi connectivity index (χ1n) is 6.15. The standard InChI is InChI=1S/C14H14BrN3O2/c1-10-2-7-13(19)18(17-10)9-8-16-14(20)11-3-5-12(15)6-4-11/h2-7H,8-9H2,1H3,(H,16,20). The molecule has 0 spiro atoms. The van der Waals surface area contributed by atoms with E-state index < -0.39 is 0 Å². The Hall–Kier alpha value is -1.95. The van der Waals surface area contributed by atoms with Crippen LogP contribution in [0.25, 0.3) is 0 Å². The Morgan fingerprint density at radius 3 is 2.65 bits per heavy atom. The molecule has 0 saturated carbocycles. The summed E-state index contributed by atoms with van der Waals surface area (Å²) in [6, 6.07) is 10.2. The van der Waals surface area contributed by atoms with E-state index >= 15 is 0 Å². The summed E-state index contributed by atoms with van der Waals surface area (Å²) in [6.45, 7) is 2.52. The van der Waals surface area contributed by atoms with Gasteiger partial charge in [0.15, 0.2) is 0 Å². The van der Waals surface area contributed by atoms with Gasteiger partial charge in [-0.1, -0.05) is 15.9 Å². The zero-order valence-corrected chi connectivity index (χ0v) is 12.6. The van der Waals surface area contributed by atoms with Gasteiger partial charge in [0.25, 0.3) is 11.5 Å². The van der Waals surface area contributed by atoms with Gasteiger partial charge < -0.3 is 5.32 Å². The molecule has 1 heterocycles. The number of benzene rings is 1. The first-order valence-corrected chi connectivity index (χ1v) is 6.94. The molecular weight excluding hydrogens is 322 g/mol. The number of carbonyl (C=O) groups is 1. The zero-order valence-electron chi connectivity index (χ0n) is 11.0. The van der Waals surface area contributed by atoms with Gasteiger partial charge in [0.1, 0.15) is 0 Å². The van der Waals surface area contributed by atoms with Crippen LogP contribution < -0.4 is 10.9 Å². The average Bonchev–Trinajstić information content (AvgIpc) is 2.43. The van der Waals surface area contributed by atoms with Crippen LogP contribution in [0, 0.1) is 6.92 Å². The van der Waals surface area contributed by atoms with Gasteiger partial charge in [-0.3, -0.25) is 9.59 Å². The highest BCUT2D eigenvalue weighted by molar-refractivity contribution is 9.10. The summed E-state index contributed by atoms with van der Waals surface area (Å²) >= 11 is 3.31. The van der Waals surface area contributed by atoms with Crippen molar-refractivity contribution in [3.8, 4) is 0 Å². The van der Waals surface area contributed by atoms with E-state index in [1.165, 1.54) is 10.7 Å². The van der Waals surface area contributed by atoms with Crippen LogP contribution in [0.1, 0.15) is 16.1 Å². The van der Waals surface area contributed by atoms with Crippen molar-refractivity contribution in [1.82, 2.24) is 15.1 Å². The molecule has 2 aromatic rings. The molecule has 0 aliphatic heterocycles. The zero-order chi connectivity index (χ0) is 14.5. The topological polar surface area (TPSA) is 64.0 Å². The van der Waals surface area contributed by atoms with E-state index in [0.717, 1.165) is 10.2 Å². The molecule has 0 aliphatic carbocycles. The van der Waals surface area contributed by atoms with Gasteiger partial charge in [-0.15, -0.1) is 0 Å². The Morgan fingerprint density at radius 2 is 1.95 bits per heavy atom. The fraction of sp³-hybridized carbons (Fsp3) is 0.214. The molecule has 104 valence electrons. The van der Waals surface area contributed by atoms with Gasteiger partial charge in [-0.05, 0) is 37.3 Å². The lowest BCUT2D eigenvalue weighted by Gasteiger charge is -2.07. The number of nitrogens with one attached hydrogen (secondary N) is 1. The van der Waals surface area contributed by atoms with Crippen LogP contribution >= 0.6 is 15.9 Å². The predicted molar refractivity (Wildman–Crippen MR) is 79.7 cm³/mol. The van der Waals surface area contributed by atoms with Crippen molar-refractivity contribution in [1.29, 1.82) is 0 Å². The number of carbonyl (C=O) groups excluding carboxylic acids is 1. The quantitative estimate of drug-likeness (QED) is 0.925. The minimum absolute atomic E-state index is 0.168. The molecule has 1 aromatic heterocycles. The van der Waals surface area contributed by atoms with Crippen molar-refractivity contribution < 1.29 is 4.79 Å². The molecule has 0 bridgehead atoms. The van der Waals surface area contributed by atoms with Crippen molar-refractivity contribution in [3.05, 3.63) is 62.5 Å². The van der Waals surface area contributed by atoms with Crippen molar-refractivity contribution in [2.45, 2.75) is 13.5 Å². The Kier molecular flexibility index (Phi) is 4.68. The number of aryl methyl sites for hydroxylation is 1. The fourth-order valence-electron chi connectivity index (χ4n) is 1.69. The van der Waals surface area contributed by atoms with E-state index in [4.69, 9.17) is 0 Å². The normalized spacial score (nSPS) is 10.3. The Bertz CT molecular complexity index is 665. The van der Waals surface area contributed by atoms with Crippen LogP contribution in [-0.4, -0.2) is 22.2 Å². The molecule has 0 unspecified atom stereocenters. The minimum atomic E-state index is -0.173. The Labute approximate surface area is 124 Å². The van der Waals surface area contributed by atoms with Crippen molar-refractivity contribution >= 4 is 21.8 Å². The molecule has 6 heteroatoms. The number of nitrogens with zero attached hydrogens (tertiary/aromatic N) is 2. The van der Waals surface area contributed by atoms with Gasteiger partial charge in [0.05, 0.1) is 12.2 Å². The molecule has 0 fully saturated rings. The molecule has 1 amide bonds. The lowest BCUT2D eigenvalue weighted by atomic mass is 10.2. The first-order chi connectivity index (χ1) is 9.56. The molecule has 20 heavy (non-hydrogen) atoms. The third kappa shape index (κ3) is 3.77. The summed E-state index contributed by atoms with van der Waals surface area (Å²) in [4.78, 5) is 23.4. The molecule has 0 aliphatic rings. The highest BCUT2D eigenvalue weighted by atomic mass is 79.9. The van der Waals surface area contributed by atoms with E-state index in [-0.39, 0.29) is 11.5 Å². The number of amides is 1. The Morgan fingerprint density at radius 1 is 1.25 bits per heavy atom. The second-order valence-electron chi connectivity index (χ2n) is 4.30. The smallest absolute Gasteiger partial charge is 0.266 e. The van der Waals surface area contributed by atoms with E-state index in [1.807, 2.05) is 19.1 Å². The van der Waals surface area contributed by atoms with Crippen LogP contribution in [0.15, 0.2) is 45.7 Å². The lowest BCUT2D eigenvalue weighted by Crippen LogP contribution is -2.32. The van der Waals surface area contributed by atoms with Gasteiger partial charge in [-0.25, -0.2) is 4.68 Å². The molecule has 0 atom stereocenters. The van der Waals surface area contributed by atoms with Crippen molar-refractivity contribution in [3.63, 3.8) is 0 Å². The number of halogens is 1. The Balaban J connectivity index is 1.92. The van der Waals surface area contributed by atoms with Crippen molar-refractivity contribution in [2.75, 3.05) is 6.54 Å². The third-order valence-corrected chi connectivity index (χ3v) is 3.24. The van der Waals surface area contributed by atoms with Crippen LogP contribution in [0.5, 0.6) is 0 Å². The summed E-state index contributed by atoms with van der Waals surface area (Å²) in [5.74, 6) is -0.168. The van der Waals surface area contributed by atoms with E-state index in [9.17, 15) is 9.59 Å². The largest absolute Gasteiger partial charge is 0.350 e. The van der Waals surface area contributed by atoms with E-state index in [0.29, 0.717) is 18.7 Å². The summed E-state index contributed by atoms with van der Waals surface area (Å²) in [6.07, 6.45) is 0. The maximum Gasteiger partial charge on any atom is 0.266 e. The first kappa shape index (κ1) is 14.5. The summed E-state index contributed by atoms with van der Waals surface area (Å²) in [5.41, 5.74) is 1.18. The molecular formula is C14H14BrN3O2. The van der Waals surface area contributed by atoms with E-state index in [2.05, 4.69) is 26.3 Å². The number of hydrogen-bond donors (Lipinski definition) is 1. The highest BCUT2D eigenvalue weighted by Gasteiger charge is 2.05. The van der Waals surface area contributed by atoms with Crippen LogP contribution in [0.4, 0.5) is 0 Å². The molecule has 5 nitrogen and oxygen atoms in total. The summed E-state index contributed by atoms with van der Waals surface area (Å²) in [5, 5.41) is 6.86. The van der Waals surface area contributed by atoms with E-state index in [1.54, 1.807) is 18.2 Å². The lowest BCUT2D eigenvalue weighted by molar-refractivity contribution is 0.0951. The van der Waals surface area contributed by atoms with Gasteiger partial charge in [0, 0.05) is 22.6 Å². The molecule has 2 rings (SSSR count). The number of aromatic nitrogens is 2. The van der Waals surface area contributed by atoms with Gasteiger partial charge in [0.2, 0.25) is 0 Å². The van der Waals surface area contributed by atoms with Crippen LogP contribution in [0.2, 0.25) is 0 Å². The highest BCUT2D eigenvalue weighted by Crippen LogP contribution is 2.10. The van der Waals surface area contributed by atoms with Crippen LogP contribution in [-0.2, 0) is 6.54 Å². The van der Waals surface area contributed by atoms with Crippen LogP contribution in [0.3, 0.4) is 0 Å². The summed E-state index contributed by atoms with van der Waals surface area (Å²) in [7, 11) is 0. The molecule has 1 aromatic carbocycles. The second-order valence-corrected chi connectivity index (χ2v) is 5.21. The predicted octanol–water partition coefficient (Wildman–Crippen LogP) is 1.74. The maximum absolute atomic E-state index is 11.9. The third-order valence-electron chi connectivity index (χ3n) is 2.72. The monoisotopic (exact) mass is 335 g/mol. The molecule has 0 saturated heterocycles. The second kappa shape index (κ2) is 6.47. The minimum Gasteiger partial charge on any atom is -0.350 e. The SMILES string of the molecule is Cc1ccc(=O)n(CCNC(=O)c2ccc(Br)cc2)n1. The fourth-order valence-corrected chi connectivity index (χ4v) is 1.95. The van der Waals surface area contributed by atoms with Gasteiger partial charge in [-0.2, -0.15) is 5.10 Å².